The standard InChI is InChI=1S/C6H10ClNO/c7-5-1-2-6(4-9)8-3-5/h4-6,8H,1-3H2. The van der Waals surface area contributed by atoms with Gasteiger partial charge in [-0.1, -0.05) is 0 Å². The van der Waals surface area contributed by atoms with Crippen molar-refractivity contribution in [1.29, 1.82) is 0 Å². The smallest absolute Gasteiger partial charge is 0.136 e. The van der Waals surface area contributed by atoms with Crippen LogP contribution in [0.15, 0.2) is 0 Å². The van der Waals surface area contributed by atoms with Gasteiger partial charge < -0.3 is 10.1 Å². The number of hydrogen-bond acceptors (Lipinski definition) is 2. The Labute approximate surface area is 59.6 Å². The average Bonchev–Trinajstić information content (AvgIpc) is 1.90. The van der Waals surface area contributed by atoms with Crippen molar-refractivity contribution in [2.24, 2.45) is 0 Å². The highest BCUT2D eigenvalue weighted by Crippen LogP contribution is 2.11. The van der Waals surface area contributed by atoms with Crippen molar-refractivity contribution >= 4 is 17.9 Å². The van der Waals surface area contributed by atoms with Gasteiger partial charge in [0, 0.05) is 11.9 Å². The van der Waals surface area contributed by atoms with Crippen LogP contribution in [0.4, 0.5) is 0 Å². The van der Waals surface area contributed by atoms with Gasteiger partial charge in [-0.15, -0.1) is 11.6 Å². The molecule has 0 aromatic heterocycles. The lowest BCUT2D eigenvalue weighted by molar-refractivity contribution is -0.109. The maximum Gasteiger partial charge on any atom is 0.136 e. The first-order chi connectivity index (χ1) is 4.33. The second kappa shape index (κ2) is 3.18. The number of carbonyl (C=O) groups excluding carboxylic acids is 1. The van der Waals surface area contributed by atoms with Crippen LogP contribution in [0, 0.1) is 0 Å². The number of piperidine rings is 1. The van der Waals surface area contributed by atoms with E-state index >= 15 is 0 Å². The van der Waals surface area contributed by atoms with E-state index < -0.39 is 0 Å². The minimum atomic E-state index is 0.0556. The number of alkyl halides is 1. The van der Waals surface area contributed by atoms with Crippen LogP contribution in [0.1, 0.15) is 12.8 Å². The van der Waals surface area contributed by atoms with Gasteiger partial charge in [-0.2, -0.15) is 0 Å². The fourth-order valence-electron chi connectivity index (χ4n) is 0.960. The summed E-state index contributed by atoms with van der Waals surface area (Å²) < 4.78 is 0. The summed E-state index contributed by atoms with van der Waals surface area (Å²) in [6.45, 7) is 0.769. The average molecular weight is 148 g/mol. The molecule has 1 fully saturated rings. The lowest BCUT2D eigenvalue weighted by atomic mass is 10.1. The fourth-order valence-corrected chi connectivity index (χ4v) is 1.18. The Balaban J connectivity index is 2.26. The van der Waals surface area contributed by atoms with Gasteiger partial charge in [0.2, 0.25) is 0 Å². The second-order valence-corrected chi connectivity index (χ2v) is 2.94. The highest BCUT2D eigenvalue weighted by Gasteiger charge is 2.16. The van der Waals surface area contributed by atoms with E-state index in [1.807, 2.05) is 0 Å². The molecule has 2 unspecified atom stereocenters. The van der Waals surface area contributed by atoms with Crippen molar-refractivity contribution < 1.29 is 4.79 Å². The van der Waals surface area contributed by atoms with Gasteiger partial charge in [-0.3, -0.25) is 0 Å². The summed E-state index contributed by atoms with van der Waals surface area (Å²) in [5.41, 5.74) is 0. The van der Waals surface area contributed by atoms with Crippen LogP contribution < -0.4 is 5.32 Å². The van der Waals surface area contributed by atoms with Crippen LogP contribution in [0.2, 0.25) is 0 Å². The third kappa shape index (κ3) is 1.95. The molecular weight excluding hydrogens is 138 g/mol. The van der Waals surface area contributed by atoms with Crippen LogP contribution in [-0.4, -0.2) is 24.2 Å². The largest absolute Gasteiger partial charge is 0.306 e. The molecule has 1 N–H and O–H groups in total. The van der Waals surface area contributed by atoms with E-state index in [0.29, 0.717) is 0 Å². The van der Waals surface area contributed by atoms with E-state index in [-0.39, 0.29) is 11.4 Å². The van der Waals surface area contributed by atoms with E-state index in [9.17, 15) is 4.79 Å². The van der Waals surface area contributed by atoms with E-state index in [1.165, 1.54) is 0 Å². The maximum atomic E-state index is 10.2. The van der Waals surface area contributed by atoms with Crippen molar-refractivity contribution in [1.82, 2.24) is 5.32 Å². The molecule has 2 atom stereocenters. The number of halogens is 1. The van der Waals surface area contributed by atoms with E-state index in [0.717, 1.165) is 25.7 Å². The molecule has 1 saturated heterocycles. The summed E-state index contributed by atoms with van der Waals surface area (Å²) in [5.74, 6) is 0. The number of rotatable bonds is 1. The SMILES string of the molecule is O=CC1CCC(Cl)CN1. The predicted octanol–water partition coefficient (Wildman–Crippen LogP) is 0.545. The van der Waals surface area contributed by atoms with Crippen LogP contribution >= 0.6 is 11.6 Å². The molecule has 1 heterocycles. The van der Waals surface area contributed by atoms with Gasteiger partial charge >= 0.3 is 0 Å². The lowest BCUT2D eigenvalue weighted by Gasteiger charge is -2.21. The molecule has 1 aliphatic heterocycles. The quantitative estimate of drug-likeness (QED) is 0.434. The van der Waals surface area contributed by atoms with Crippen molar-refractivity contribution in [3.8, 4) is 0 Å². The summed E-state index contributed by atoms with van der Waals surface area (Å²) in [5, 5.41) is 3.24. The monoisotopic (exact) mass is 147 g/mol. The molecule has 2 nitrogen and oxygen atoms in total. The first kappa shape index (κ1) is 7.03. The molecular formula is C6H10ClNO. The third-order valence-electron chi connectivity index (χ3n) is 1.56. The Morgan fingerprint density at radius 3 is 2.78 bits per heavy atom. The van der Waals surface area contributed by atoms with Gasteiger partial charge in [0.1, 0.15) is 6.29 Å². The van der Waals surface area contributed by atoms with Crippen molar-refractivity contribution in [3.05, 3.63) is 0 Å². The third-order valence-corrected chi connectivity index (χ3v) is 1.93. The van der Waals surface area contributed by atoms with Crippen molar-refractivity contribution in [2.45, 2.75) is 24.3 Å². The zero-order valence-electron chi connectivity index (χ0n) is 5.14. The minimum Gasteiger partial charge on any atom is -0.306 e. The van der Waals surface area contributed by atoms with Crippen molar-refractivity contribution in [2.75, 3.05) is 6.54 Å². The first-order valence-electron chi connectivity index (χ1n) is 3.15. The Kier molecular flexibility index (Phi) is 2.49. The Morgan fingerprint density at radius 1 is 1.56 bits per heavy atom. The molecule has 0 spiro atoms. The molecule has 0 amide bonds. The number of aldehydes is 1. The summed E-state index contributed by atoms with van der Waals surface area (Å²) >= 11 is 5.76. The first-order valence-corrected chi connectivity index (χ1v) is 3.59. The van der Waals surface area contributed by atoms with E-state index in [4.69, 9.17) is 11.6 Å². The van der Waals surface area contributed by atoms with Gasteiger partial charge in [0.15, 0.2) is 0 Å². The minimum absolute atomic E-state index is 0.0556. The van der Waals surface area contributed by atoms with Crippen LogP contribution in [0.25, 0.3) is 0 Å². The molecule has 1 rings (SSSR count). The Bertz CT molecular complexity index is 99.2. The second-order valence-electron chi connectivity index (χ2n) is 2.33. The van der Waals surface area contributed by atoms with E-state index in [1.54, 1.807) is 0 Å². The molecule has 0 aromatic rings. The van der Waals surface area contributed by atoms with Gasteiger partial charge in [0.25, 0.3) is 0 Å². The topological polar surface area (TPSA) is 29.1 Å². The molecule has 52 valence electrons. The number of hydrogen-bond donors (Lipinski definition) is 1. The maximum absolute atomic E-state index is 10.2. The highest BCUT2D eigenvalue weighted by atomic mass is 35.5. The summed E-state index contributed by atoms with van der Waals surface area (Å²) in [7, 11) is 0. The molecule has 0 aliphatic carbocycles. The molecule has 1 aliphatic rings. The summed E-state index contributed by atoms with van der Waals surface area (Å²) in [4.78, 5) is 10.2. The predicted molar refractivity (Wildman–Crippen MR) is 36.7 cm³/mol. The highest BCUT2D eigenvalue weighted by molar-refractivity contribution is 6.20. The van der Waals surface area contributed by atoms with Crippen molar-refractivity contribution in [3.63, 3.8) is 0 Å². The van der Waals surface area contributed by atoms with Gasteiger partial charge in [0.05, 0.1) is 6.04 Å². The zero-order chi connectivity index (χ0) is 6.69. The summed E-state index contributed by atoms with van der Waals surface area (Å²) in [6.07, 6.45) is 2.79. The molecule has 0 radical (unpaired) electrons. The van der Waals surface area contributed by atoms with Gasteiger partial charge in [-0.05, 0) is 12.8 Å². The molecule has 0 bridgehead atoms. The lowest BCUT2D eigenvalue weighted by Crippen LogP contribution is -2.40. The molecule has 0 saturated carbocycles. The van der Waals surface area contributed by atoms with Crippen LogP contribution in [0.5, 0.6) is 0 Å². The Morgan fingerprint density at radius 2 is 2.33 bits per heavy atom. The number of carbonyl (C=O) groups is 1. The Hall–Kier alpha value is -0.0800. The van der Waals surface area contributed by atoms with Crippen LogP contribution in [-0.2, 0) is 4.79 Å². The fraction of sp³-hybridized carbons (Fsp3) is 0.833. The molecule has 3 heteroatoms. The molecule has 9 heavy (non-hydrogen) atoms. The molecule has 0 aromatic carbocycles. The zero-order valence-corrected chi connectivity index (χ0v) is 5.90. The number of nitrogens with one attached hydrogen (secondary N) is 1. The summed E-state index contributed by atoms with van der Waals surface area (Å²) in [6, 6.07) is 0.0556. The van der Waals surface area contributed by atoms with Gasteiger partial charge in [-0.25, -0.2) is 0 Å². The normalized spacial score (nSPS) is 36.1. The van der Waals surface area contributed by atoms with Crippen LogP contribution in [0.3, 0.4) is 0 Å². The van der Waals surface area contributed by atoms with E-state index in [2.05, 4.69) is 5.32 Å².